The molecule has 0 saturated carbocycles. The van der Waals surface area contributed by atoms with Gasteiger partial charge in [-0.15, -0.1) is 0 Å². The first-order valence-electron chi connectivity index (χ1n) is 6.55. The van der Waals surface area contributed by atoms with Gasteiger partial charge in [0.1, 0.15) is 15.0 Å². The highest BCUT2D eigenvalue weighted by atomic mass is 127. The van der Waals surface area contributed by atoms with E-state index in [9.17, 15) is 35.3 Å². The smallest absolute Gasteiger partial charge is 0.345 e. The number of esters is 1. The molecule has 27 heavy (non-hydrogen) atoms. The summed E-state index contributed by atoms with van der Waals surface area (Å²) in [6.07, 6.45) is 1.48. The molecule has 2 aromatic carbocycles. The van der Waals surface area contributed by atoms with Gasteiger partial charge in [0.25, 0.3) is 0 Å². The minimum absolute atomic E-state index is 0.151. The molecule has 0 aromatic heterocycles. The van der Waals surface area contributed by atoms with Gasteiger partial charge in [-0.25, -0.2) is 22.0 Å². The first-order chi connectivity index (χ1) is 12.4. The van der Waals surface area contributed by atoms with Crippen LogP contribution >= 0.6 is 45.2 Å². The summed E-state index contributed by atoms with van der Waals surface area (Å²) in [4.78, 5) is 9.91. The molecule has 5 nitrogen and oxygen atoms in total. The van der Waals surface area contributed by atoms with Gasteiger partial charge in [0, 0.05) is 7.14 Å². The molecule has 0 fully saturated rings. The Morgan fingerprint density at radius 3 is 1.85 bits per heavy atom. The highest BCUT2D eigenvalue weighted by molar-refractivity contribution is 14.1. The van der Waals surface area contributed by atoms with Crippen molar-refractivity contribution in [1.29, 1.82) is 0 Å². The SMILES string of the molecule is C=Cc1cc(I)c(C(=O)Oc2c(F)c(F)c(S(=O)(=O)[O-])c(F)c2F)c(I)c1. The molecule has 0 unspecified atom stereocenters. The average Bonchev–Trinajstić information content (AvgIpc) is 2.55. The van der Waals surface area contributed by atoms with E-state index in [1.54, 1.807) is 45.2 Å². The zero-order chi connectivity index (χ0) is 20.7. The van der Waals surface area contributed by atoms with E-state index in [0.29, 0.717) is 12.7 Å². The molecule has 0 spiro atoms. The van der Waals surface area contributed by atoms with Crippen LogP contribution in [0.15, 0.2) is 23.6 Å². The molecule has 0 radical (unpaired) electrons. The van der Waals surface area contributed by atoms with E-state index in [1.807, 2.05) is 0 Å². The number of hydrogen-bond donors (Lipinski definition) is 0. The lowest BCUT2D eigenvalue weighted by molar-refractivity contribution is 0.0714. The molecule has 0 aliphatic carbocycles. The number of benzene rings is 2. The highest BCUT2D eigenvalue weighted by Gasteiger charge is 2.32. The molecule has 0 aliphatic heterocycles. The second-order valence-corrected chi connectivity index (χ2v) is 8.46. The molecule has 0 amide bonds. The van der Waals surface area contributed by atoms with Crippen LogP contribution in [-0.2, 0) is 10.1 Å². The normalized spacial score (nSPS) is 11.4. The third-order valence-electron chi connectivity index (χ3n) is 3.13. The molecule has 0 saturated heterocycles. The second-order valence-electron chi connectivity index (χ2n) is 4.82. The minimum Gasteiger partial charge on any atom is -0.744 e. The van der Waals surface area contributed by atoms with E-state index in [1.165, 1.54) is 18.2 Å². The Bertz CT molecular complexity index is 1030. The quantitative estimate of drug-likeness (QED) is 0.127. The maximum Gasteiger partial charge on any atom is 0.345 e. The maximum absolute atomic E-state index is 13.9. The van der Waals surface area contributed by atoms with Crippen LogP contribution in [0.1, 0.15) is 15.9 Å². The Balaban J connectivity index is 2.60. The van der Waals surface area contributed by atoms with Crippen molar-refractivity contribution in [1.82, 2.24) is 0 Å². The van der Waals surface area contributed by atoms with Gasteiger partial charge in [0.05, 0.1) is 5.56 Å². The highest BCUT2D eigenvalue weighted by Crippen LogP contribution is 2.33. The summed E-state index contributed by atoms with van der Waals surface area (Å²) >= 11 is 3.46. The first-order valence-corrected chi connectivity index (χ1v) is 10.1. The van der Waals surface area contributed by atoms with Gasteiger partial charge in [-0.1, -0.05) is 12.7 Å². The first kappa shape index (κ1) is 22.0. The van der Waals surface area contributed by atoms with Crippen LogP contribution in [0, 0.1) is 30.4 Å². The Morgan fingerprint density at radius 1 is 1.04 bits per heavy atom. The molecule has 12 heteroatoms. The van der Waals surface area contributed by atoms with E-state index >= 15 is 0 Å². The van der Waals surface area contributed by atoms with E-state index in [2.05, 4.69) is 11.3 Å². The summed E-state index contributed by atoms with van der Waals surface area (Å²) in [5, 5.41) is 0. The fourth-order valence-corrected chi connectivity index (χ4v) is 4.82. The summed E-state index contributed by atoms with van der Waals surface area (Å²) in [6.45, 7) is 3.55. The number of carbonyl (C=O) groups excluding carboxylic acids is 1. The van der Waals surface area contributed by atoms with Crippen molar-refractivity contribution >= 4 is 67.3 Å². The predicted octanol–water partition coefficient (Wildman–Crippen LogP) is 4.22. The Kier molecular flexibility index (Phi) is 6.53. The standard InChI is InChI=1S/C15H6F4I2O5S/c1-2-5-3-6(20)8(7(21)4-5)15(22)26-13-9(16)11(18)14(27(23,24)25)12(19)10(13)17/h2-4H,1H2,(H,23,24,25)/p-1. The molecule has 0 N–H and O–H groups in total. The second kappa shape index (κ2) is 8.00. The molecule has 0 atom stereocenters. The van der Waals surface area contributed by atoms with Crippen LogP contribution in [0.4, 0.5) is 17.6 Å². The molecule has 2 aromatic rings. The topological polar surface area (TPSA) is 83.5 Å². The fourth-order valence-electron chi connectivity index (χ4n) is 1.95. The van der Waals surface area contributed by atoms with E-state index in [0.717, 1.165) is 0 Å². The molecular weight excluding hydrogens is 622 g/mol. The molecule has 2 rings (SSSR count). The van der Waals surface area contributed by atoms with Crippen molar-refractivity contribution in [2.75, 3.05) is 0 Å². The van der Waals surface area contributed by atoms with Gasteiger partial charge in [-0.3, -0.25) is 0 Å². The van der Waals surface area contributed by atoms with Crippen LogP contribution < -0.4 is 4.74 Å². The van der Waals surface area contributed by atoms with Crippen molar-refractivity contribution in [3.05, 3.63) is 60.2 Å². The Hall–Kier alpha value is -1.26. The van der Waals surface area contributed by atoms with Gasteiger partial charge in [0.15, 0.2) is 11.6 Å². The summed E-state index contributed by atoms with van der Waals surface area (Å²) in [6, 6.07) is 2.99. The van der Waals surface area contributed by atoms with Crippen LogP contribution in [0.3, 0.4) is 0 Å². The summed E-state index contributed by atoms with van der Waals surface area (Å²) in [5.74, 6) is -12.8. The third-order valence-corrected chi connectivity index (χ3v) is 5.69. The average molecular weight is 627 g/mol. The van der Waals surface area contributed by atoms with Gasteiger partial charge < -0.3 is 9.29 Å². The zero-order valence-corrected chi connectivity index (χ0v) is 17.8. The van der Waals surface area contributed by atoms with Crippen molar-refractivity contribution in [3.63, 3.8) is 0 Å². The van der Waals surface area contributed by atoms with Gasteiger partial charge in [-0.05, 0) is 62.9 Å². The monoisotopic (exact) mass is 627 g/mol. The Morgan fingerprint density at radius 2 is 1.48 bits per heavy atom. The summed E-state index contributed by atoms with van der Waals surface area (Å²) < 4.78 is 92.8. The van der Waals surface area contributed by atoms with Crippen LogP contribution in [0.25, 0.3) is 6.08 Å². The van der Waals surface area contributed by atoms with Crippen LogP contribution in [0.2, 0.25) is 0 Å². The molecule has 0 bridgehead atoms. The minimum atomic E-state index is -5.86. The third kappa shape index (κ3) is 4.27. The van der Waals surface area contributed by atoms with E-state index < -0.39 is 50.0 Å². The largest absolute Gasteiger partial charge is 0.744 e. The number of ether oxygens (including phenoxy) is 1. The predicted molar refractivity (Wildman–Crippen MR) is 101 cm³/mol. The lowest BCUT2D eigenvalue weighted by atomic mass is 10.1. The van der Waals surface area contributed by atoms with Crippen molar-refractivity contribution < 1.29 is 40.1 Å². The number of carbonyl (C=O) groups is 1. The number of rotatable bonds is 4. The van der Waals surface area contributed by atoms with E-state index in [-0.39, 0.29) is 5.56 Å². The molecular formula is C15H5F4I2O5S-. The van der Waals surface area contributed by atoms with Gasteiger partial charge in [-0.2, -0.15) is 8.78 Å². The maximum atomic E-state index is 13.9. The van der Waals surface area contributed by atoms with Crippen LogP contribution in [-0.4, -0.2) is 18.9 Å². The van der Waals surface area contributed by atoms with Crippen molar-refractivity contribution in [2.24, 2.45) is 0 Å². The summed E-state index contributed by atoms with van der Waals surface area (Å²) in [7, 11) is -5.86. The van der Waals surface area contributed by atoms with Gasteiger partial charge >= 0.3 is 5.97 Å². The van der Waals surface area contributed by atoms with Crippen molar-refractivity contribution in [3.8, 4) is 5.75 Å². The fraction of sp³-hybridized carbons (Fsp3) is 0. The van der Waals surface area contributed by atoms with Crippen LogP contribution in [0.5, 0.6) is 5.75 Å². The Labute approximate surface area is 177 Å². The van der Waals surface area contributed by atoms with Crippen molar-refractivity contribution in [2.45, 2.75) is 4.90 Å². The van der Waals surface area contributed by atoms with Gasteiger partial charge in [0.2, 0.25) is 17.4 Å². The lowest BCUT2D eigenvalue weighted by Gasteiger charge is -2.14. The zero-order valence-electron chi connectivity index (χ0n) is 12.7. The molecule has 144 valence electrons. The molecule has 0 aliphatic rings. The number of hydrogen-bond acceptors (Lipinski definition) is 5. The van der Waals surface area contributed by atoms with E-state index in [4.69, 9.17) is 0 Å². The number of halogens is 6. The summed E-state index contributed by atoms with van der Waals surface area (Å²) in [5.41, 5.74) is 0.474. The molecule has 0 heterocycles. The lowest BCUT2D eigenvalue weighted by Crippen LogP contribution is -2.17.